The minimum atomic E-state index is -0.310. The van der Waals surface area contributed by atoms with Crippen LogP contribution in [0.25, 0.3) is 0 Å². The van der Waals surface area contributed by atoms with Crippen molar-refractivity contribution >= 4 is 28.1 Å². The van der Waals surface area contributed by atoms with E-state index in [-0.39, 0.29) is 11.4 Å². The Bertz CT molecular complexity index is 912. The lowest BCUT2D eigenvalue weighted by atomic mass is 9.98. The molecule has 3 aromatic rings. The van der Waals surface area contributed by atoms with E-state index in [1.54, 1.807) is 36.7 Å². The van der Waals surface area contributed by atoms with Gasteiger partial charge in [0.2, 0.25) is 0 Å². The number of rotatable bonds is 4. The molecule has 0 radical (unpaired) electrons. The number of nitrogens with one attached hydrogen (secondary N) is 2. The van der Waals surface area contributed by atoms with Crippen LogP contribution >= 0.6 is 11.3 Å². The predicted octanol–water partition coefficient (Wildman–Crippen LogP) is 5.58. The molecule has 6 nitrogen and oxygen atoms in total. The number of anilines is 2. The van der Waals surface area contributed by atoms with Crippen LogP contribution in [0.5, 0.6) is 11.5 Å². The van der Waals surface area contributed by atoms with Gasteiger partial charge in [0, 0.05) is 16.8 Å². The molecule has 2 amide bonds. The van der Waals surface area contributed by atoms with Gasteiger partial charge >= 0.3 is 6.03 Å². The number of aromatic nitrogens is 2. The number of carbonyl (C=O) groups is 1. The van der Waals surface area contributed by atoms with Crippen LogP contribution < -0.4 is 15.4 Å². The van der Waals surface area contributed by atoms with Crippen LogP contribution in [0.4, 0.5) is 15.5 Å². The molecule has 2 aromatic heterocycles. The summed E-state index contributed by atoms with van der Waals surface area (Å²) in [5, 5.41) is 7.30. The summed E-state index contributed by atoms with van der Waals surface area (Å²) in [4.78, 5) is 20.7. The number of carbonyl (C=O) groups excluding carboxylic acids is 1. The molecule has 0 fully saturated rings. The van der Waals surface area contributed by atoms with Gasteiger partial charge in [-0.05, 0) is 43.3 Å². The number of hydrogen-bond acceptors (Lipinski definition) is 5. The summed E-state index contributed by atoms with van der Waals surface area (Å²) in [7, 11) is 0. The van der Waals surface area contributed by atoms with Crippen molar-refractivity contribution in [3.63, 3.8) is 0 Å². The molecule has 0 aliphatic carbocycles. The van der Waals surface area contributed by atoms with E-state index in [9.17, 15) is 4.79 Å². The maximum Gasteiger partial charge on any atom is 0.324 e. The molecule has 0 spiro atoms. The second-order valence-electron chi connectivity index (χ2n) is 7.12. The summed E-state index contributed by atoms with van der Waals surface area (Å²) in [6.45, 7) is 8.19. The number of nitrogens with zero attached hydrogens (tertiary/aromatic N) is 2. The SMILES string of the molecule is Cc1ccc(Oc2ccc(NC(=O)Nc3cnc(C(C)(C)C)s3)cc2)cn1. The summed E-state index contributed by atoms with van der Waals surface area (Å²) in [6, 6.07) is 10.6. The Balaban J connectivity index is 1.56. The quantitative estimate of drug-likeness (QED) is 0.617. The van der Waals surface area contributed by atoms with E-state index in [1.165, 1.54) is 11.3 Å². The van der Waals surface area contributed by atoms with E-state index in [0.29, 0.717) is 22.2 Å². The normalized spacial score (nSPS) is 11.1. The fraction of sp³-hybridized carbons (Fsp3) is 0.250. The highest BCUT2D eigenvalue weighted by atomic mass is 32.1. The van der Waals surface area contributed by atoms with E-state index >= 15 is 0 Å². The molecule has 1 aromatic carbocycles. The van der Waals surface area contributed by atoms with E-state index in [0.717, 1.165) is 10.7 Å². The van der Waals surface area contributed by atoms with Gasteiger partial charge in [-0.25, -0.2) is 9.78 Å². The lowest BCUT2D eigenvalue weighted by Gasteiger charge is -2.13. The zero-order valence-electron chi connectivity index (χ0n) is 15.7. The van der Waals surface area contributed by atoms with Crippen LogP contribution in [0, 0.1) is 6.92 Å². The van der Waals surface area contributed by atoms with Crippen LogP contribution in [-0.4, -0.2) is 16.0 Å². The van der Waals surface area contributed by atoms with Crippen LogP contribution in [0.2, 0.25) is 0 Å². The van der Waals surface area contributed by atoms with Gasteiger partial charge in [-0.1, -0.05) is 20.8 Å². The molecule has 27 heavy (non-hydrogen) atoms. The van der Waals surface area contributed by atoms with Crippen molar-refractivity contribution in [1.82, 2.24) is 9.97 Å². The van der Waals surface area contributed by atoms with Crippen molar-refractivity contribution in [3.8, 4) is 11.5 Å². The largest absolute Gasteiger partial charge is 0.456 e. The zero-order valence-corrected chi connectivity index (χ0v) is 16.6. The maximum absolute atomic E-state index is 12.2. The van der Waals surface area contributed by atoms with Gasteiger partial charge < -0.3 is 10.1 Å². The number of pyridine rings is 1. The molecule has 0 aliphatic rings. The Morgan fingerprint density at radius 2 is 1.67 bits per heavy atom. The fourth-order valence-electron chi connectivity index (χ4n) is 2.21. The summed E-state index contributed by atoms with van der Waals surface area (Å²) in [5.41, 5.74) is 1.56. The lowest BCUT2D eigenvalue weighted by Crippen LogP contribution is -2.18. The average Bonchev–Trinajstić information content (AvgIpc) is 3.07. The summed E-state index contributed by atoms with van der Waals surface area (Å²) < 4.78 is 5.73. The predicted molar refractivity (Wildman–Crippen MR) is 109 cm³/mol. The Kier molecular flexibility index (Phi) is 5.41. The fourth-order valence-corrected chi connectivity index (χ4v) is 3.08. The summed E-state index contributed by atoms with van der Waals surface area (Å²) in [6.07, 6.45) is 3.35. The average molecular weight is 382 g/mol. The highest BCUT2D eigenvalue weighted by molar-refractivity contribution is 7.16. The molecule has 0 bridgehead atoms. The number of ether oxygens (including phenoxy) is 1. The molecule has 0 saturated carbocycles. The second-order valence-corrected chi connectivity index (χ2v) is 8.15. The van der Waals surface area contributed by atoms with Crippen molar-refractivity contribution < 1.29 is 9.53 Å². The number of benzene rings is 1. The van der Waals surface area contributed by atoms with Crippen LogP contribution in [0.3, 0.4) is 0 Å². The minimum Gasteiger partial charge on any atom is -0.456 e. The second kappa shape index (κ2) is 7.75. The van der Waals surface area contributed by atoms with Crippen molar-refractivity contribution in [2.24, 2.45) is 0 Å². The van der Waals surface area contributed by atoms with Crippen molar-refractivity contribution in [2.75, 3.05) is 10.6 Å². The van der Waals surface area contributed by atoms with E-state index in [4.69, 9.17) is 4.74 Å². The van der Waals surface area contributed by atoms with Gasteiger partial charge in [0.05, 0.1) is 17.4 Å². The van der Waals surface area contributed by atoms with Crippen molar-refractivity contribution in [2.45, 2.75) is 33.1 Å². The Morgan fingerprint density at radius 1 is 0.963 bits per heavy atom. The highest BCUT2D eigenvalue weighted by Gasteiger charge is 2.18. The van der Waals surface area contributed by atoms with Crippen molar-refractivity contribution in [1.29, 1.82) is 0 Å². The van der Waals surface area contributed by atoms with E-state index < -0.39 is 0 Å². The van der Waals surface area contributed by atoms with Gasteiger partial charge in [0.1, 0.15) is 16.5 Å². The topological polar surface area (TPSA) is 76.1 Å². The number of thiazole rings is 1. The maximum atomic E-state index is 12.2. The molecule has 0 atom stereocenters. The number of urea groups is 1. The molecule has 0 saturated heterocycles. The lowest BCUT2D eigenvalue weighted by molar-refractivity contribution is 0.262. The smallest absolute Gasteiger partial charge is 0.324 e. The third kappa shape index (κ3) is 5.27. The first-order valence-corrected chi connectivity index (χ1v) is 9.36. The van der Waals surface area contributed by atoms with E-state index in [1.807, 2.05) is 19.1 Å². The monoisotopic (exact) mass is 382 g/mol. The third-order valence-corrected chi connectivity index (χ3v) is 4.95. The molecule has 0 unspecified atom stereocenters. The number of aryl methyl sites for hydroxylation is 1. The molecule has 3 rings (SSSR count). The highest BCUT2D eigenvalue weighted by Crippen LogP contribution is 2.29. The first-order chi connectivity index (χ1) is 12.8. The van der Waals surface area contributed by atoms with Crippen LogP contribution in [0.15, 0.2) is 48.8 Å². The Labute approximate surface area is 162 Å². The van der Waals surface area contributed by atoms with Gasteiger partial charge in [-0.2, -0.15) is 0 Å². The Hall–Kier alpha value is -2.93. The van der Waals surface area contributed by atoms with Gasteiger partial charge in [-0.15, -0.1) is 11.3 Å². The number of amides is 2. The molecular weight excluding hydrogens is 360 g/mol. The molecule has 140 valence electrons. The minimum absolute atomic E-state index is 0.0378. The van der Waals surface area contributed by atoms with Crippen LogP contribution in [-0.2, 0) is 5.41 Å². The number of hydrogen-bond donors (Lipinski definition) is 2. The first-order valence-electron chi connectivity index (χ1n) is 8.54. The summed E-state index contributed by atoms with van der Waals surface area (Å²) >= 11 is 1.47. The zero-order chi connectivity index (χ0) is 19.4. The standard InChI is InChI=1S/C20H22N4O2S/c1-13-5-8-16(11-21-13)26-15-9-6-14(7-10-15)23-19(25)24-17-12-22-18(27-17)20(2,3)4/h5-12H,1-4H3,(H2,23,24,25). The van der Waals surface area contributed by atoms with Gasteiger partial charge in [0.25, 0.3) is 0 Å². The third-order valence-electron chi connectivity index (χ3n) is 3.62. The van der Waals surface area contributed by atoms with E-state index in [2.05, 4.69) is 41.4 Å². The van der Waals surface area contributed by atoms with Crippen LogP contribution in [0.1, 0.15) is 31.5 Å². The Morgan fingerprint density at radius 3 is 2.26 bits per heavy atom. The molecule has 2 heterocycles. The molecule has 0 aliphatic heterocycles. The molecule has 2 N–H and O–H groups in total. The first kappa shape index (κ1) is 18.8. The molecule has 7 heteroatoms. The van der Waals surface area contributed by atoms with Gasteiger partial charge in [-0.3, -0.25) is 10.3 Å². The molecular formula is C20H22N4O2S. The van der Waals surface area contributed by atoms with Gasteiger partial charge in [0.15, 0.2) is 0 Å². The van der Waals surface area contributed by atoms with Crippen molar-refractivity contribution in [3.05, 3.63) is 59.5 Å². The summed E-state index contributed by atoms with van der Waals surface area (Å²) in [5.74, 6) is 1.34.